The smallest absolute Gasteiger partial charge is 0.229 e. The molecule has 0 aliphatic rings. The monoisotopic (exact) mass is 287 g/mol. The van der Waals surface area contributed by atoms with Gasteiger partial charge in [-0.15, -0.1) is 0 Å². The first-order valence-electron chi connectivity index (χ1n) is 7.25. The predicted octanol–water partition coefficient (Wildman–Crippen LogP) is 3.97. The number of nitrogens with two attached hydrogens (primary N) is 1. The van der Waals surface area contributed by atoms with Gasteiger partial charge in [-0.05, 0) is 22.3 Å². The third-order valence-corrected chi connectivity index (χ3v) is 3.77. The van der Waals surface area contributed by atoms with Crippen LogP contribution in [0.15, 0.2) is 84.9 Å². The molecule has 0 fully saturated rings. The van der Waals surface area contributed by atoms with Gasteiger partial charge in [-0.3, -0.25) is 4.79 Å². The molecule has 2 N–H and O–H groups in total. The van der Waals surface area contributed by atoms with E-state index in [1.807, 2.05) is 72.8 Å². The van der Waals surface area contributed by atoms with Crippen LogP contribution in [-0.4, -0.2) is 5.91 Å². The molecule has 2 heteroatoms. The summed E-state index contributed by atoms with van der Waals surface area (Å²) in [5.74, 6) is -0.746. The topological polar surface area (TPSA) is 43.1 Å². The lowest BCUT2D eigenvalue weighted by Gasteiger charge is -2.15. The SMILES string of the molecule is NC(=O)C(c1ccccc1)c1ccc(-c2ccccc2)cc1. The van der Waals surface area contributed by atoms with E-state index in [-0.39, 0.29) is 5.91 Å². The molecule has 1 unspecified atom stereocenters. The molecular weight excluding hydrogens is 270 g/mol. The van der Waals surface area contributed by atoms with Crippen LogP contribution >= 0.6 is 0 Å². The van der Waals surface area contributed by atoms with Gasteiger partial charge in [0.1, 0.15) is 0 Å². The molecule has 2 nitrogen and oxygen atoms in total. The maximum absolute atomic E-state index is 11.9. The molecule has 1 amide bonds. The average Bonchev–Trinajstić information content (AvgIpc) is 2.57. The van der Waals surface area contributed by atoms with Gasteiger partial charge in [0.15, 0.2) is 0 Å². The molecule has 0 aromatic heterocycles. The van der Waals surface area contributed by atoms with E-state index in [0.717, 1.165) is 22.3 Å². The van der Waals surface area contributed by atoms with Gasteiger partial charge in [0.05, 0.1) is 5.92 Å². The van der Waals surface area contributed by atoms with E-state index in [0.29, 0.717) is 0 Å². The minimum absolute atomic E-state index is 0.335. The van der Waals surface area contributed by atoms with Crippen LogP contribution < -0.4 is 5.73 Å². The summed E-state index contributed by atoms with van der Waals surface area (Å²) in [4.78, 5) is 11.9. The standard InChI is InChI=1S/C20H17NO/c21-20(22)19(17-9-5-2-6-10-17)18-13-11-16(12-14-18)15-7-3-1-4-8-15/h1-14,19H,(H2,21,22). The number of rotatable bonds is 4. The largest absolute Gasteiger partial charge is 0.369 e. The van der Waals surface area contributed by atoms with Gasteiger partial charge in [-0.25, -0.2) is 0 Å². The summed E-state index contributed by atoms with van der Waals surface area (Å²) < 4.78 is 0. The fourth-order valence-electron chi connectivity index (χ4n) is 2.67. The highest BCUT2D eigenvalue weighted by Crippen LogP contribution is 2.27. The van der Waals surface area contributed by atoms with Crippen molar-refractivity contribution in [2.24, 2.45) is 5.73 Å². The Morgan fingerprint density at radius 1 is 0.636 bits per heavy atom. The second-order valence-electron chi connectivity index (χ2n) is 5.23. The fourth-order valence-corrected chi connectivity index (χ4v) is 2.67. The van der Waals surface area contributed by atoms with Crippen molar-refractivity contribution in [2.45, 2.75) is 5.92 Å². The molecule has 1 atom stereocenters. The summed E-state index contributed by atoms with van der Waals surface area (Å²) >= 11 is 0. The summed E-state index contributed by atoms with van der Waals surface area (Å²) in [6.45, 7) is 0. The Hall–Kier alpha value is -2.87. The van der Waals surface area contributed by atoms with Crippen LogP contribution in [0.5, 0.6) is 0 Å². The second kappa shape index (κ2) is 6.27. The molecule has 0 saturated carbocycles. The van der Waals surface area contributed by atoms with Crippen molar-refractivity contribution in [3.63, 3.8) is 0 Å². The number of amides is 1. The summed E-state index contributed by atoms with van der Waals surface area (Å²) in [6.07, 6.45) is 0. The van der Waals surface area contributed by atoms with Crippen molar-refractivity contribution in [3.05, 3.63) is 96.1 Å². The zero-order valence-electron chi connectivity index (χ0n) is 12.1. The normalized spacial score (nSPS) is 11.8. The third-order valence-electron chi connectivity index (χ3n) is 3.77. The van der Waals surface area contributed by atoms with Gasteiger partial charge < -0.3 is 5.73 Å². The molecule has 0 radical (unpaired) electrons. The van der Waals surface area contributed by atoms with Gasteiger partial charge in [0, 0.05) is 0 Å². The molecule has 22 heavy (non-hydrogen) atoms. The number of hydrogen-bond acceptors (Lipinski definition) is 1. The van der Waals surface area contributed by atoms with E-state index in [1.54, 1.807) is 0 Å². The van der Waals surface area contributed by atoms with Gasteiger partial charge in [0.2, 0.25) is 5.91 Å². The summed E-state index contributed by atoms with van der Waals surface area (Å²) in [5.41, 5.74) is 9.73. The lowest BCUT2D eigenvalue weighted by atomic mass is 9.89. The quantitative estimate of drug-likeness (QED) is 0.775. The lowest BCUT2D eigenvalue weighted by molar-refractivity contribution is -0.118. The zero-order valence-corrected chi connectivity index (χ0v) is 12.1. The maximum atomic E-state index is 11.9. The predicted molar refractivity (Wildman–Crippen MR) is 89.4 cm³/mol. The Bertz CT molecular complexity index is 749. The van der Waals surface area contributed by atoms with Crippen LogP contribution in [0.25, 0.3) is 11.1 Å². The van der Waals surface area contributed by atoms with E-state index in [2.05, 4.69) is 12.1 Å². The van der Waals surface area contributed by atoms with Gasteiger partial charge >= 0.3 is 0 Å². The molecule has 0 saturated heterocycles. The molecular formula is C20H17NO. The number of hydrogen-bond donors (Lipinski definition) is 1. The molecule has 3 aromatic rings. The van der Waals surface area contributed by atoms with E-state index in [9.17, 15) is 4.79 Å². The Morgan fingerprint density at radius 3 is 1.64 bits per heavy atom. The van der Waals surface area contributed by atoms with Crippen molar-refractivity contribution in [1.82, 2.24) is 0 Å². The molecule has 3 aromatic carbocycles. The van der Waals surface area contributed by atoms with Gasteiger partial charge in [-0.2, -0.15) is 0 Å². The average molecular weight is 287 g/mol. The van der Waals surface area contributed by atoms with Crippen LogP contribution in [0, 0.1) is 0 Å². The van der Waals surface area contributed by atoms with Gasteiger partial charge in [0.25, 0.3) is 0 Å². The third kappa shape index (κ3) is 2.91. The molecule has 0 bridgehead atoms. The second-order valence-corrected chi connectivity index (χ2v) is 5.23. The fraction of sp³-hybridized carbons (Fsp3) is 0.0500. The van der Waals surface area contributed by atoms with Crippen molar-refractivity contribution in [2.75, 3.05) is 0 Å². The van der Waals surface area contributed by atoms with Crippen LogP contribution in [0.2, 0.25) is 0 Å². The van der Waals surface area contributed by atoms with Crippen molar-refractivity contribution in [3.8, 4) is 11.1 Å². The van der Waals surface area contributed by atoms with Gasteiger partial charge in [-0.1, -0.05) is 84.9 Å². The minimum Gasteiger partial charge on any atom is -0.369 e. The Kier molecular flexibility index (Phi) is 4.01. The van der Waals surface area contributed by atoms with Crippen LogP contribution in [0.3, 0.4) is 0 Å². The highest BCUT2D eigenvalue weighted by molar-refractivity contribution is 5.85. The first-order chi connectivity index (χ1) is 10.8. The first kappa shape index (κ1) is 14.1. The van der Waals surface area contributed by atoms with E-state index < -0.39 is 5.92 Å². The summed E-state index contributed by atoms with van der Waals surface area (Å²) in [5, 5.41) is 0. The highest BCUT2D eigenvalue weighted by Gasteiger charge is 2.19. The van der Waals surface area contributed by atoms with Crippen LogP contribution in [0.4, 0.5) is 0 Å². The maximum Gasteiger partial charge on any atom is 0.229 e. The van der Waals surface area contributed by atoms with Crippen molar-refractivity contribution < 1.29 is 4.79 Å². The number of carbonyl (C=O) groups is 1. The number of primary amides is 1. The lowest BCUT2D eigenvalue weighted by Crippen LogP contribution is -2.22. The Morgan fingerprint density at radius 2 is 1.09 bits per heavy atom. The highest BCUT2D eigenvalue weighted by atomic mass is 16.1. The van der Waals surface area contributed by atoms with E-state index in [1.165, 1.54) is 0 Å². The van der Waals surface area contributed by atoms with Crippen LogP contribution in [0.1, 0.15) is 17.0 Å². The molecule has 0 aliphatic carbocycles. The molecule has 0 aliphatic heterocycles. The number of carbonyl (C=O) groups excluding carboxylic acids is 1. The molecule has 3 rings (SSSR count). The van der Waals surface area contributed by atoms with E-state index in [4.69, 9.17) is 5.73 Å². The Labute approximate surface area is 130 Å². The van der Waals surface area contributed by atoms with Crippen LogP contribution in [-0.2, 0) is 4.79 Å². The minimum atomic E-state index is -0.411. The Balaban J connectivity index is 1.95. The molecule has 108 valence electrons. The van der Waals surface area contributed by atoms with Crippen molar-refractivity contribution in [1.29, 1.82) is 0 Å². The van der Waals surface area contributed by atoms with E-state index >= 15 is 0 Å². The molecule has 0 spiro atoms. The number of benzene rings is 3. The van der Waals surface area contributed by atoms with Crippen molar-refractivity contribution >= 4 is 5.91 Å². The molecule has 0 heterocycles. The first-order valence-corrected chi connectivity index (χ1v) is 7.25. The summed E-state index contributed by atoms with van der Waals surface area (Å²) in [6, 6.07) is 27.8. The zero-order chi connectivity index (χ0) is 15.4. The summed E-state index contributed by atoms with van der Waals surface area (Å²) in [7, 11) is 0.